The lowest BCUT2D eigenvalue weighted by Gasteiger charge is -2.32. The van der Waals surface area contributed by atoms with Crippen LogP contribution in [0.1, 0.15) is 26.7 Å². The molecule has 0 saturated heterocycles. The van der Waals surface area contributed by atoms with Gasteiger partial charge >= 0.3 is 23.9 Å². The number of rotatable bonds is 16. The summed E-state index contributed by atoms with van der Waals surface area (Å²) in [5.74, 6) is -4.08. The molecule has 0 radical (unpaired) electrons. The van der Waals surface area contributed by atoms with Gasteiger partial charge in [0.05, 0.1) is 22.6 Å². The molecule has 244 valence electrons. The van der Waals surface area contributed by atoms with Crippen LogP contribution in [0.3, 0.4) is 0 Å². The van der Waals surface area contributed by atoms with Crippen molar-refractivity contribution in [1.29, 1.82) is 0 Å². The molecular weight excluding hydrogens is 624 g/mol. The van der Waals surface area contributed by atoms with Crippen LogP contribution in [0, 0.1) is 0 Å². The predicted octanol–water partition coefficient (Wildman–Crippen LogP) is 7.02. The van der Waals surface area contributed by atoms with Gasteiger partial charge in [-0.15, -0.1) is 0 Å². The third-order valence-corrected chi connectivity index (χ3v) is 8.34. The van der Waals surface area contributed by atoms with Gasteiger partial charge in [-0.2, -0.15) is 0 Å². The second-order valence-corrected chi connectivity index (χ2v) is 11.8. The Labute approximate surface area is 273 Å². The number of esters is 2. The Morgan fingerprint density at radius 3 is 1.13 bits per heavy atom. The van der Waals surface area contributed by atoms with E-state index in [1.54, 1.807) is 74.5 Å². The molecule has 47 heavy (non-hydrogen) atoms. The second kappa shape index (κ2) is 15.2. The number of benzene rings is 4. The van der Waals surface area contributed by atoms with Gasteiger partial charge in [-0.1, -0.05) is 63.4 Å². The molecule has 0 heterocycles. The van der Waals surface area contributed by atoms with E-state index >= 15 is 0 Å². The summed E-state index contributed by atoms with van der Waals surface area (Å²) < 4.78 is 61.7. The molecule has 11 heteroatoms. The van der Waals surface area contributed by atoms with Crippen molar-refractivity contribution in [2.24, 2.45) is 0 Å². The first-order chi connectivity index (χ1) is 22.6. The highest BCUT2D eigenvalue weighted by molar-refractivity contribution is 7.91. The van der Waals surface area contributed by atoms with E-state index in [1.807, 2.05) is 0 Å². The minimum atomic E-state index is -3.98. The Hall–Kier alpha value is -5.55. The van der Waals surface area contributed by atoms with E-state index in [-0.39, 0.29) is 34.1 Å². The summed E-state index contributed by atoms with van der Waals surface area (Å²) in [7, 11) is -3.98. The van der Waals surface area contributed by atoms with Gasteiger partial charge in [-0.25, -0.2) is 18.0 Å². The van der Waals surface area contributed by atoms with Crippen LogP contribution in [0.25, 0.3) is 0 Å². The molecule has 4 aromatic rings. The molecule has 0 amide bonds. The van der Waals surface area contributed by atoms with Crippen molar-refractivity contribution in [3.8, 4) is 23.0 Å². The molecule has 4 rings (SSSR count). The number of carbonyl (C=O) groups excluding carboxylic acids is 2. The van der Waals surface area contributed by atoms with E-state index in [4.69, 9.17) is 28.4 Å². The van der Waals surface area contributed by atoms with Gasteiger partial charge in [0.15, 0.2) is 0 Å². The summed E-state index contributed by atoms with van der Waals surface area (Å²) in [6.45, 7) is 10.3. The van der Waals surface area contributed by atoms with Crippen molar-refractivity contribution >= 4 is 21.8 Å². The van der Waals surface area contributed by atoms with Crippen LogP contribution in [-0.4, -0.2) is 32.3 Å². The first-order valence-electron chi connectivity index (χ1n) is 14.6. The number of hydrogen-bond acceptors (Lipinski definition) is 10. The fourth-order valence-corrected chi connectivity index (χ4v) is 5.41. The number of ether oxygens (including phenoxy) is 6. The zero-order chi connectivity index (χ0) is 33.9. The molecule has 2 unspecified atom stereocenters. The quantitative estimate of drug-likeness (QED) is 0.0705. The molecule has 0 aliphatic rings. The summed E-state index contributed by atoms with van der Waals surface area (Å²) in [5.41, 5.74) is 0. The van der Waals surface area contributed by atoms with Crippen LogP contribution in [0.5, 0.6) is 23.0 Å². The number of carbonyl (C=O) groups is 2. The van der Waals surface area contributed by atoms with Gasteiger partial charge in [0.25, 0.3) is 0 Å². The molecule has 0 bridgehead atoms. The third kappa shape index (κ3) is 8.80. The molecule has 0 spiro atoms. The average Bonchev–Trinajstić information content (AvgIpc) is 3.09. The van der Waals surface area contributed by atoms with Gasteiger partial charge in [0, 0.05) is 12.2 Å². The van der Waals surface area contributed by atoms with Crippen molar-refractivity contribution < 1.29 is 46.4 Å². The van der Waals surface area contributed by atoms with Crippen molar-refractivity contribution in [3.63, 3.8) is 0 Å². The monoisotopic (exact) mass is 658 g/mol. The third-order valence-electron chi connectivity index (χ3n) is 6.56. The summed E-state index contributed by atoms with van der Waals surface area (Å²) in [5, 5.41) is 0. The lowest BCUT2D eigenvalue weighted by molar-refractivity contribution is -0.285. The van der Waals surface area contributed by atoms with Crippen LogP contribution < -0.4 is 18.9 Å². The zero-order valence-corrected chi connectivity index (χ0v) is 26.7. The van der Waals surface area contributed by atoms with E-state index in [1.165, 1.54) is 48.5 Å². The Kier molecular flexibility index (Phi) is 11.1. The van der Waals surface area contributed by atoms with Gasteiger partial charge < -0.3 is 28.4 Å². The highest BCUT2D eigenvalue weighted by atomic mass is 32.2. The maximum absolute atomic E-state index is 13.5. The molecule has 2 atom stereocenters. The largest absolute Gasteiger partial charge is 0.421 e. The molecule has 0 N–H and O–H groups in total. The van der Waals surface area contributed by atoms with Crippen LogP contribution >= 0.6 is 0 Å². The highest BCUT2D eigenvalue weighted by Gasteiger charge is 2.39. The van der Waals surface area contributed by atoms with Crippen molar-refractivity contribution in [1.82, 2.24) is 0 Å². The summed E-state index contributed by atoms with van der Waals surface area (Å²) in [6, 6.07) is 28.4. The fourth-order valence-electron chi connectivity index (χ4n) is 4.15. The predicted molar refractivity (Wildman–Crippen MR) is 172 cm³/mol. The Bertz CT molecular complexity index is 1650. The Balaban J connectivity index is 1.54. The molecule has 0 aliphatic carbocycles. The van der Waals surface area contributed by atoms with Crippen LogP contribution in [0.15, 0.2) is 144 Å². The zero-order valence-electron chi connectivity index (χ0n) is 25.9. The maximum atomic E-state index is 13.5. The first kappa shape index (κ1) is 34.3. The number of para-hydroxylation sites is 2. The van der Waals surface area contributed by atoms with Crippen LogP contribution in [0.4, 0.5) is 0 Å². The molecule has 0 saturated carbocycles. The van der Waals surface area contributed by atoms with Crippen molar-refractivity contribution in [3.05, 3.63) is 135 Å². The average molecular weight is 659 g/mol. The van der Waals surface area contributed by atoms with Crippen molar-refractivity contribution in [2.45, 2.75) is 48.4 Å². The van der Waals surface area contributed by atoms with Crippen LogP contribution in [-0.2, 0) is 28.9 Å². The number of hydrogen-bond donors (Lipinski definition) is 0. The van der Waals surface area contributed by atoms with Gasteiger partial charge in [0.2, 0.25) is 9.84 Å². The smallest absolute Gasteiger partial charge is 0.419 e. The highest BCUT2D eigenvalue weighted by Crippen LogP contribution is 2.32. The molecule has 0 aliphatic heterocycles. The van der Waals surface area contributed by atoms with Gasteiger partial charge in [-0.05, 0) is 72.8 Å². The lowest BCUT2D eigenvalue weighted by Crippen LogP contribution is -2.46. The topological polar surface area (TPSA) is 124 Å². The Morgan fingerprint density at radius 2 is 0.851 bits per heavy atom. The minimum Gasteiger partial charge on any atom is -0.421 e. The number of sulfone groups is 1. The molecule has 4 aromatic carbocycles. The summed E-state index contributed by atoms with van der Waals surface area (Å²) >= 11 is 0. The molecule has 0 fully saturated rings. The van der Waals surface area contributed by atoms with E-state index in [9.17, 15) is 18.0 Å². The van der Waals surface area contributed by atoms with E-state index in [0.29, 0.717) is 11.5 Å². The molecular formula is C36H34O10S. The van der Waals surface area contributed by atoms with Crippen LogP contribution in [0.2, 0.25) is 0 Å². The Morgan fingerprint density at radius 1 is 0.553 bits per heavy atom. The van der Waals surface area contributed by atoms with Gasteiger partial charge in [0.1, 0.15) is 23.0 Å². The van der Waals surface area contributed by atoms with E-state index in [0.717, 1.165) is 12.2 Å². The van der Waals surface area contributed by atoms with E-state index in [2.05, 4.69) is 13.2 Å². The fraction of sp³-hybridized carbons (Fsp3) is 0.167. The van der Waals surface area contributed by atoms with Crippen molar-refractivity contribution in [2.75, 3.05) is 0 Å². The second-order valence-electron chi connectivity index (χ2n) is 9.80. The SMILES string of the molecule is C=CC(=O)OC(CC)(Oc1ccccc1)Oc1ccc(S(=O)(=O)c2ccc(OC(CC)(OC(=O)C=C)Oc3ccccc3)cc2)cc1. The summed E-state index contributed by atoms with van der Waals surface area (Å²) in [4.78, 5) is 24.2. The molecule has 0 aromatic heterocycles. The lowest BCUT2D eigenvalue weighted by atomic mass is 10.3. The minimum absolute atomic E-state index is 0.0251. The summed E-state index contributed by atoms with van der Waals surface area (Å²) in [6.07, 6.45) is 2.16. The maximum Gasteiger partial charge on any atom is 0.419 e. The van der Waals surface area contributed by atoms with E-state index < -0.39 is 33.7 Å². The van der Waals surface area contributed by atoms with Gasteiger partial charge in [-0.3, -0.25) is 0 Å². The molecule has 10 nitrogen and oxygen atoms in total. The normalized spacial score (nSPS) is 13.5. The first-order valence-corrected chi connectivity index (χ1v) is 16.1. The standard InChI is InChI=1S/C36H34O10S/c1-5-33(37)45-35(7-3,41-27-15-11-9-12-16-27)43-29-19-23-31(24-20-29)47(39,40)32-25-21-30(22-26-32)44-36(8-4,46-34(38)6-2)42-28-17-13-10-14-18-28/h5-6,9-26H,1-2,7-8H2,3-4H3.